The normalized spacial score (nSPS) is 53.6. The molecule has 3 fully saturated rings. The minimum atomic E-state index is 0.472. The van der Waals surface area contributed by atoms with Crippen molar-refractivity contribution in [2.45, 2.75) is 37.9 Å². The summed E-state index contributed by atoms with van der Waals surface area (Å²) in [6.07, 6.45) is 5.09. The van der Waals surface area contributed by atoms with Gasteiger partial charge in [-0.15, -0.1) is 0 Å². The van der Waals surface area contributed by atoms with Crippen LogP contribution in [0.3, 0.4) is 0 Å². The van der Waals surface area contributed by atoms with Crippen molar-refractivity contribution in [3.63, 3.8) is 0 Å². The number of ether oxygens (including phenoxy) is 1. The van der Waals surface area contributed by atoms with Crippen LogP contribution in [-0.2, 0) is 9.53 Å². The van der Waals surface area contributed by atoms with Gasteiger partial charge in [0, 0.05) is 12.8 Å². The first-order valence-electron chi connectivity index (χ1n) is 4.50. The third-order valence-corrected chi connectivity index (χ3v) is 3.29. The van der Waals surface area contributed by atoms with Gasteiger partial charge in [0.05, 0.1) is 12.2 Å². The number of hydrogen-bond donors (Lipinski definition) is 0. The average molecular weight is 152 g/mol. The van der Waals surface area contributed by atoms with Crippen LogP contribution >= 0.6 is 0 Å². The molecule has 0 radical (unpaired) electrons. The third kappa shape index (κ3) is 0.853. The van der Waals surface area contributed by atoms with Crippen LogP contribution in [-0.4, -0.2) is 18.0 Å². The van der Waals surface area contributed by atoms with Crippen molar-refractivity contribution in [3.05, 3.63) is 0 Å². The van der Waals surface area contributed by atoms with Crippen molar-refractivity contribution in [2.24, 2.45) is 11.8 Å². The van der Waals surface area contributed by atoms with E-state index in [0.29, 0.717) is 29.8 Å². The molecule has 1 heterocycles. The molecule has 4 atom stereocenters. The van der Waals surface area contributed by atoms with E-state index < -0.39 is 0 Å². The summed E-state index contributed by atoms with van der Waals surface area (Å²) in [6.45, 7) is 0. The van der Waals surface area contributed by atoms with Crippen LogP contribution in [0.4, 0.5) is 0 Å². The van der Waals surface area contributed by atoms with Gasteiger partial charge in [0.15, 0.2) is 0 Å². The predicted octanol–water partition coefficient (Wildman–Crippen LogP) is 1.14. The number of carbonyl (C=O) groups excluding carboxylic acids is 1. The van der Waals surface area contributed by atoms with E-state index in [4.69, 9.17) is 4.74 Å². The van der Waals surface area contributed by atoms with Crippen molar-refractivity contribution in [1.29, 1.82) is 0 Å². The molecule has 0 aromatic rings. The van der Waals surface area contributed by atoms with E-state index in [9.17, 15) is 4.79 Å². The van der Waals surface area contributed by atoms with Crippen LogP contribution in [0.2, 0.25) is 0 Å². The van der Waals surface area contributed by atoms with Gasteiger partial charge in [-0.1, -0.05) is 0 Å². The quantitative estimate of drug-likeness (QED) is 0.487. The molecule has 3 rings (SSSR count). The van der Waals surface area contributed by atoms with Crippen molar-refractivity contribution < 1.29 is 9.53 Å². The summed E-state index contributed by atoms with van der Waals surface area (Å²) in [5.74, 6) is 1.74. The Morgan fingerprint density at radius 1 is 1.27 bits per heavy atom. The largest absolute Gasteiger partial charge is 0.369 e. The standard InChI is InChI=1S/C9H12O2/c10-7-2-5-1-6(4-7)9-8(3-5)11-9/h5-6,8-9H,1-4H2. The number of carbonyl (C=O) groups is 1. The molecule has 11 heavy (non-hydrogen) atoms. The Balaban J connectivity index is 1.85. The Kier molecular flexibility index (Phi) is 1.05. The molecule has 1 aliphatic heterocycles. The molecule has 2 heteroatoms. The molecule has 2 aliphatic carbocycles. The number of fused-ring (bicyclic) bond motifs is 4. The molecule has 4 unspecified atom stereocenters. The Hall–Kier alpha value is -0.370. The van der Waals surface area contributed by atoms with E-state index in [1.807, 2.05) is 0 Å². The summed E-state index contributed by atoms with van der Waals surface area (Å²) < 4.78 is 5.49. The first-order valence-corrected chi connectivity index (χ1v) is 4.50. The van der Waals surface area contributed by atoms with Gasteiger partial charge in [-0.25, -0.2) is 0 Å². The van der Waals surface area contributed by atoms with Gasteiger partial charge in [0.2, 0.25) is 0 Å². The highest BCUT2D eigenvalue weighted by Crippen LogP contribution is 2.48. The first kappa shape index (κ1) is 6.18. The lowest BCUT2D eigenvalue weighted by Gasteiger charge is -2.30. The number of rotatable bonds is 0. The van der Waals surface area contributed by atoms with Crippen molar-refractivity contribution in [3.8, 4) is 0 Å². The lowest BCUT2D eigenvalue weighted by atomic mass is 9.72. The predicted molar refractivity (Wildman–Crippen MR) is 39.1 cm³/mol. The summed E-state index contributed by atoms with van der Waals surface area (Å²) >= 11 is 0. The first-order chi connectivity index (χ1) is 5.33. The molecule has 2 saturated carbocycles. The molecule has 1 saturated heterocycles. The van der Waals surface area contributed by atoms with Crippen LogP contribution in [0.15, 0.2) is 0 Å². The molecule has 0 amide bonds. The van der Waals surface area contributed by atoms with Gasteiger partial charge in [0.1, 0.15) is 5.78 Å². The summed E-state index contributed by atoms with van der Waals surface area (Å²) in [4.78, 5) is 11.2. The van der Waals surface area contributed by atoms with Gasteiger partial charge in [-0.05, 0) is 24.7 Å². The third-order valence-electron chi connectivity index (χ3n) is 3.29. The molecule has 0 spiro atoms. The zero-order valence-corrected chi connectivity index (χ0v) is 6.45. The highest BCUT2D eigenvalue weighted by atomic mass is 16.6. The highest BCUT2D eigenvalue weighted by molar-refractivity contribution is 5.80. The van der Waals surface area contributed by atoms with Crippen LogP contribution in [0.5, 0.6) is 0 Å². The van der Waals surface area contributed by atoms with Crippen molar-refractivity contribution >= 4 is 5.78 Å². The van der Waals surface area contributed by atoms with Crippen molar-refractivity contribution in [1.82, 2.24) is 0 Å². The summed E-state index contributed by atoms with van der Waals surface area (Å²) in [7, 11) is 0. The molecule has 0 N–H and O–H groups in total. The van der Waals surface area contributed by atoms with Crippen LogP contribution in [0.25, 0.3) is 0 Å². The maximum Gasteiger partial charge on any atom is 0.133 e. The zero-order valence-electron chi connectivity index (χ0n) is 6.45. The van der Waals surface area contributed by atoms with E-state index in [-0.39, 0.29) is 0 Å². The van der Waals surface area contributed by atoms with Crippen molar-refractivity contribution in [2.75, 3.05) is 0 Å². The minimum Gasteiger partial charge on any atom is -0.369 e. The summed E-state index contributed by atoms with van der Waals surface area (Å²) in [6, 6.07) is 0. The van der Waals surface area contributed by atoms with Crippen LogP contribution in [0, 0.1) is 11.8 Å². The second kappa shape index (κ2) is 1.86. The maximum absolute atomic E-state index is 11.2. The topological polar surface area (TPSA) is 29.6 Å². The van der Waals surface area contributed by atoms with E-state index >= 15 is 0 Å². The number of hydrogen-bond acceptors (Lipinski definition) is 2. The van der Waals surface area contributed by atoms with E-state index in [0.717, 1.165) is 19.3 Å². The van der Waals surface area contributed by atoms with E-state index in [1.54, 1.807) is 0 Å². The summed E-state index contributed by atoms with van der Waals surface area (Å²) in [5.41, 5.74) is 0. The smallest absolute Gasteiger partial charge is 0.133 e. The Morgan fingerprint density at radius 3 is 3.09 bits per heavy atom. The second-order valence-electron chi connectivity index (χ2n) is 4.18. The lowest BCUT2D eigenvalue weighted by Crippen LogP contribution is -2.31. The maximum atomic E-state index is 11.2. The second-order valence-corrected chi connectivity index (χ2v) is 4.18. The van der Waals surface area contributed by atoms with Gasteiger partial charge in [-0.2, -0.15) is 0 Å². The van der Waals surface area contributed by atoms with E-state index in [1.165, 1.54) is 6.42 Å². The monoisotopic (exact) mass is 152 g/mol. The fourth-order valence-electron chi connectivity index (χ4n) is 2.81. The SMILES string of the molecule is O=C1CC2CC(C1)C1OC1C2. The number of ketones is 1. The zero-order chi connectivity index (χ0) is 7.42. The molecular formula is C9H12O2. The molecular weight excluding hydrogens is 140 g/mol. The Morgan fingerprint density at radius 2 is 2.18 bits per heavy atom. The molecule has 0 aromatic heterocycles. The molecule has 2 nitrogen and oxygen atoms in total. The number of epoxide rings is 1. The molecule has 0 aromatic carbocycles. The molecule has 60 valence electrons. The van der Waals surface area contributed by atoms with Crippen LogP contribution in [0.1, 0.15) is 25.7 Å². The Bertz CT molecular complexity index is 212. The number of Topliss-reactive ketones (excluding diaryl/α,β-unsaturated/α-hetero) is 1. The summed E-state index contributed by atoms with van der Waals surface area (Å²) in [5, 5.41) is 0. The average Bonchev–Trinajstić information content (AvgIpc) is 2.65. The highest BCUT2D eigenvalue weighted by Gasteiger charge is 2.52. The lowest BCUT2D eigenvalue weighted by molar-refractivity contribution is -0.123. The van der Waals surface area contributed by atoms with Gasteiger partial charge >= 0.3 is 0 Å². The van der Waals surface area contributed by atoms with Crippen LogP contribution < -0.4 is 0 Å². The fourth-order valence-corrected chi connectivity index (χ4v) is 2.81. The van der Waals surface area contributed by atoms with Gasteiger partial charge in [-0.3, -0.25) is 4.79 Å². The molecule has 3 aliphatic rings. The van der Waals surface area contributed by atoms with Gasteiger partial charge < -0.3 is 4.74 Å². The Labute approximate surface area is 65.9 Å². The van der Waals surface area contributed by atoms with E-state index in [2.05, 4.69) is 0 Å². The minimum absolute atomic E-state index is 0.472. The fraction of sp³-hybridized carbons (Fsp3) is 0.889. The molecule has 2 bridgehead atoms. The van der Waals surface area contributed by atoms with Gasteiger partial charge in [0.25, 0.3) is 0 Å².